The van der Waals surface area contributed by atoms with Gasteiger partial charge in [0.15, 0.2) is 5.82 Å². The fourth-order valence-electron chi connectivity index (χ4n) is 1.24. The van der Waals surface area contributed by atoms with Crippen molar-refractivity contribution < 1.29 is 4.74 Å². The predicted octanol–water partition coefficient (Wildman–Crippen LogP) is 2.94. The van der Waals surface area contributed by atoms with E-state index in [1.165, 1.54) is 0 Å². The Kier molecular flexibility index (Phi) is 3.66. The van der Waals surface area contributed by atoms with E-state index in [0.717, 1.165) is 0 Å². The van der Waals surface area contributed by atoms with Crippen LogP contribution in [-0.2, 0) is 6.61 Å². The molecule has 4 nitrogen and oxygen atoms in total. The number of halogens is 2. The summed E-state index contributed by atoms with van der Waals surface area (Å²) in [6.07, 6.45) is 1.58. The fourth-order valence-corrected chi connectivity index (χ4v) is 1.75. The Morgan fingerprint density at radius 2 is 1.88 bits per heavy atom. The number of hydrogen-bond donors (Lipinski definition) is 1. The van der Waals surface area contributed by atoms with Crippen LogP contribution in [-0.4, -0.2) is 9.97 Å². The van der Waals surface area contributed by atoms with Gasteiger partial charge in [-0.15, -0.1) is 0 Å². The fraction of sp³-hybridized carbons (Fsp3) is 0.0909. The summed E-state index contributed by atoms with van der Waals surface area (Å²) < 4.78 is 5.46. The first-order valence-electron chi connectivity index (χ1n) is 4.80. The number of ether oxygens (including phenoxy) is 1. The second-order valence-electron chi connectivity index (χ2n) is 3.29. The van der Waals surface area contributed by atoms with Crippen molar-refractivity contribution in [1.29, 1.82) is 0 Å². The highest BCUT2D eigenvalue weighted by Crippen LogP contribution is 2.24. The van der Waals surface area contributed by atoms with Crippen LogP contribution in [0.25, 0.3) is 0 Å². The maximum Gasteiger partial charge on any atom is 0.168 e. The molecule has 0 atom stereocenters. The average Bonchev–Trinajstić information content (AvgIpc) is 2.25. The molecule has 17 heavy (non-hydrogen) atoms. The van der Waals surface area contributed by atoms with E-state index in [1.807, 2.05) is 0 Å². The number of benzene rings is 1. The first kappa shape index (κ1) is 12.0. The number of aromatic nitrogens is 2. The normalized spacial score (nSPS) is 10.2. The molecule has 0 saturated carbocycles. The molecule has 0 aliphatic heterocycles. The van der Waals surface area contributed by atoms with E-state index in [1.54, 1.807) is 30.5 Å². The Labute approximate surface area is 108 Å². The third kappa shape index (κ3) is 3.47. The van der Waals surface area contributed by atoms with Gasteiger partial charge in [-0.05, 0) is 24.3 Å². The van der Waals surface area contributed by atoms with Gasteiger partial charge in [0.2, 0.25) is 0 Å². The molecule has 0 radical (unpaired) electrons. The third-order valence-electron chi connectivity index (χ3n) is 1.93. The van der Waals surface area contributed by atoms with Crippen molar-refractivity contribution in [3.05, 3.63) is 46.3 Å². The molecule has 0 aliphatic carbocycles. The van der Waals surface area contributed by atoms with Crippen LogP contribution in [0.15, 0.2) is 30.5 Å². The molecule has 1 heterocycles. The molecule has 2 rings (SSSR count). The third-order valence-corrected chi connectivity index (χ3v) is 2.37. The van der Waals surface area contributed by atoms with Gasteiger partial charge in [-0.25, -0.2) is 9.97 Å². The Morgan fingerprint density at radius 1 is 1.18 bits per heavy atom. The molecule has 0 aliphatic rings. The molecule has 6 heteroatoms. The van der Waals surface area contributed by atoms with Gasteiger partial charge in [-0.1, -0.05) is 23.2 Å². The standard InChI is InChI=1S/C11H9Cl2N3O/c12-7-3-8(13)5-9(4-7)17-6-11-15-2-1-10(14)16-11/h1-5H,6H2,(H2,14,15,16). The molecule has 0 spiro atoms. The zero-order valence-electron chi connectivity index (χ0n) is 8.73. The van der Waals surface area contributed by atoms with Gasteiger partial charge in [0, 0.05) is 16.2 Å². The Hall–Kier alpha value is -1.52. The smallest absolute Gasteiger partial charge is 0.168 e. The summed E-state index contributed by atoms with van der Waals surface area (Å²) in [5.74, 6) is 1.47. The van der Waals surface area contributed by atoms with Gasteiger partial charge < -0.3 is 10.5 Å². The largest absolute Gasteiger partial charge is 0.486 e. The first-order valence-corrected chi connectivity index (χ1v) is 5.55. The predicted molar refractivity (Wildman–Crippen MR) is 67.2 cm³/mol. The van der Waals surface area contributed by atoms with Crippen molar-refractivity contribution in [1.82, 2.24) is 9.97 Å². The number of nitrogens with zero attached hydrogens (tertiary/aromatic N) is 2. The van der Waals surface area contributed by atoms with Crippen LogP contribution in [0, 0.1) is 0 Å². The average molecular weight is 270 g/mol. The van der Waals surface area contributed by atoms with Gasteiger partial charge in [0.25, 0.3) is 0 Å². The van der Waals surface area contributed by atoms with E-state index in [2.05, 4.69) is 9.97 Å². The molecule has 88 valence electrons. The lowest BCUT2D eigenvalue weighted by Crippen LogP contribution is -2.03. The zero-order chi connectivity index (χ0) is 12.3. The molecule has 1 aromatic carbocycles. The Bertz CT molecular complexity index is 514. The molecule has 0 saturated heterocycles. The quantitative estimate of drug-likeness (QED) is 0.931. The zero-order valence-corrected chi connectivity index (χ0v) is 10.2. The summed E-state index contributed by atoms with van der Waals surface area (Å²) in [6, 6.07) is 6.58. The van der Waals surface area contributed by atoms with Crippen LogP contribution in [0.3, 0.4) is 0 Å². The van der Waals surface area contributed by atoms with Gasteiger partial charge in [0.05, 0.1) is 0 Å². The van der Waals surface area contributed by atoms with Crippen molar-refractivity contribution in [2.75, 3.05) is 5.73 Å². The molecule has 1 aromatic heterocycles. The van der Waals surface area contributed by atoms with Gasteiger partial charge in [-0.3, -0.25) is 0 Å². The first-order chi connectivity index (χ1) is 8.13. The van der Waals surface area contributed by atoms with Crippen LogP contribution in [0.1, 0.15) is 5.82 Å². The Balaban J connectivity index is 2.07. The monoisotopic (exact) mass is 269 g/mol. The molecular formula is C11H9Cl2N3O. The van der Waals surface area contributed by atoms with E-state index >= 15 is 0 Å². The molecular weight excluding hydrogens is 261 g/mol. The maximum absolute atomic E-state index is 5.84. The molecule has 0 bridgehead atoms. The highest BCUT2D eigenvalue weighted by Gasteiger charge is 2.02. The minimum atomic E-state index is 0.210. The summed E-state index contributed by atoms with van der Waals surface area (Å²) in [5.41, 5.74) is 5.53. The van der Waals surface area contributed by atoms with E-state index in [4.69, 9.17) is 33.7 Å². The minimum Gasteiger partial charge on any atom is -0.486 e. The van der Waals surface area contributed by atoms with Crippen molar-refractivity contribution in [3.63, 3.8) is 0 Å². The molecule has 2 N–H and O–H groups in total. The van der Waals surface area contributed by atoms with Crippen molar-refractivity contribution in [2.24, 2.45) is 0 Å². The van der Waals surface area contributed by atoms with Gasteiger partial charge in [-0.2, -0.15) is 0 Å². The lowest BCUT2D eigenvalue weighted by molar-refractivity contribution is 0.296. The number of nitrogens with two attached hydrogens (primary N) is 1. The molecule has 0 amide bonds. The molecule has 0 fully saturated rings. The van der Waals surface area contributed by atoms with Crippen LogP contribution in [0.5, 0.6) is 5.75 Å². The van der Waals surface area contributed by atoms with Crippen molar-refractivity contribution >= 4 is 29.0 Å². The number of nitrogen functional groups attached to an aromatic ring is 1. The second kappa shape index (κ2) is 5.21. The van der Waals surface area contributed by atoms with E-state index in [-0.39, 0.29) is 6.61 Å². The summed E-state index contributed by atoms with van der Waals surface area (Å²) in [6.45, 7) is 0.210. The SMILES string of the molecule is Nc1ccnc(COc2cc(Cl)cc(Cl)c2)n1. The lowest BCUT2D eigenvalue weighted by Gasteiger charge is -2.06. The minimum absolute atomic E-state index is 0.210. The van der Waals surface area contributed by atoms with E-state index in [0.29, 0.717) is 27.4 Å². The highest BCUT2D eigenvalue weighted by atomic mass is 35.5. The van der Waals surface area contributed by atoms with Gasteiger partial charge >= 0.3 is 0 Å². The van der Waals surface area contributed by atoms with Crippen LogP contribution >= 0.6 is 23.2 Å². The maximum atomic E-state index is 5.84. The van der Waals surface area contributed by atoms with Crippen molar-refractivity contribution in [2.45, 2.75) is 6.61 Å². The van der Waals surface area contributed by atoms with Crippen LogP contribution in [0.2, 0.25) is 10.0 Å². The van der Waals surface area contributed by atoms with Crippen molar-refractivity contribution in [3.8, 4) is 5.75 Å². The summed E-state index contributed by atoms with van der Waals surface area (Å²) in [4.78, 5) is 8.03. The number of anilines is 1. The summed E-state index contributed by atoms with van der Waals surface area (Å²) in [5, 5.41) is 1.03. The Morgan fingerprint density at radius 3 is 2.53 bits per heavy atom. The lowest BCUT2D eigenvalue weighted by atomic mass is 10.3. The number of rotatable bonds is 3. The second-order valence-corrected chi connectivity index (χ2v) is 4.16. The van der Waals surface area contributed by atoms with Crippen LogP contribution < -0.4 is 10.5 Å². The summed E-state index contributed by atoms with van der Waals surface area (Å²) in [7, 11) is 0. The topological polar surface area (TPSA) is 61.0 Å². The van der Waals surface area contributed by atoms with Gasteiger partial charge in [0.1, 0.15) is 18.2 Å². The molecule has 0 unspecified atom stereocenters. The molecule has 2 aromatic rings. The van der Waals surface area contributed by atoms with E-state index in [9.17, 15) is 0 Å². The van der Waals surface area contributed by atoms with Crippen LogP contribution in [0.4, 0.5) is 5.82 Å². The van der Waals surface area contributed by atoms with E-state index < -0.39 is 0 Å². The number of hydrogen-bond acceptors (Lipinski definition) is 4. The summed E-state index contributed by atoms with van der Waals surface area (Å²) >= 11 is 11.7. The highest BCUT2D eigenvalue weighted by molar-refractivity contribution is 6.34.